The first-order valence-electron chi connectivity index (χ1n) is 8.81. The van der Waals surface area contributed by atoms with Crippen LogP contribution < -0.4 is 4.74 Å². The molecule has 0 aliphatic heterocycles. The van der Waals surface area contributed by atoms with Gasteiger partial charge in [0.05, 0.1) is 12.8 Å². The fraction of sp³-hybridized carbons (Fsp3) is 0.125. The first kappa shape index (κ1) is 21.5. The van der Waals surface area contributed by atoms with Crippen LogP contribution in [0, 0.1) is 19.9 Å². The molecule has 3 nitrogen and oxygen atoms in total. The van der Waals surface area contributed by atoms with Gasteiger partial charge in [-0.3, -0.25) is 0 Å². The summed E-state index contributed by atoms with van der Waals surface area (Å²) in [6.45, 7) is 4.02. The number of azo groups is 1. The van der Waals surface area contributed by atoms with Crippen molar-refractivity contribution in [3.05, 3.63) is 96.1 Å². The summed E-state index contributed by atoms with van der Waals surface area (Å²) in [5, 5.41) is 11.0. The Hall–Kier alpha value is -2.84. The van der Waals surface area contributed by atoms with Gasteiger partial charge in [-0.2, -0.15) is 40.6 Å². The number of methoxy groups -OCH3 is 1. The minimum atomic E-state index is 0. The topological polar surface area (TPSA) is 34.0 Å². The molecule has 0 bridgehead atoms. The Morgan fingerprint density at radius 2 is 1.50 bits per heavy atom. The van der Waals surface area contributed by atoms with Gasteiger partial charge in [-0.15, -0.1) is 22.9 Å². The molecule has 0 radical (unpaired) electrons. The molecule has 0 aromatic heterocycles. The predicted octanol–water partition coefficient (Wildman–Crippen LogP) is 7.08. The van der Waals surface area contributed by atoms with E-state index in [0.29, 0.717) is 0 Å². The Kier molecular flexibility index (Phi) is 8.04. The number of hydrogen-bond donors (Lipinski definition) is 0. The van der Waals surface area contributed by atoms with E-state index < -0.39 is 0 Å². The maximum Gasteiger partial charge on any atom is 0.119 e. The molecule has 0 N–H and O–H groups in total. The molecular weight excluding hydrogens is 391 g/mol. The van der Waals surface area contributed by atoms with Gasteiger partial charge in [0.2, 0.25) is 0 Å². The number of aryl methyl sites for hydroxylation is 2. The van der Waals surface area contributed by atoms with Gasteiger partial charge in [0.25, 0.3) is 0 Å². The fourth-order valence-corrected chi connectivity index (χ4v) is 2.79. The third-order valence-electron chi connectivity index (χ3n) is 4.18. The standard InChI is InChI=1S/C19H17N2O.C5H5.Ni/c1-13-10-18(22-3)11-14(2)19(13)21-20-17-9-8-15-6-4-5-7-16(15)12-17;1-2-4-5-3-1;/h4-8,10-12H,1-3H3;1-5H;/q2*-1;. The van der Waals surface area contributed by atoms with Gasteiger partial charge < -0.3 is 4.74 Å². The normalized spacial score (nSPS) is 10.2. The number of rotatable bonds is 3. The maximum atomic E-state index is 5.26. The molecule has 4 heteroatoms. The summed E-state index contributed by atoms with van der Waals surface area (Å²) in [6.07, 6.45) is 0. The molecule has 28 heavy (non-hydrogen) atoms. The Morgan fingerprint density at radius 1 is 0.857 bits per heavy atom. The van der Waals surface area contributed by atoms with Crippen molar-refractivity contribution in [2.24, 2.45) is 10.2 Å². The molecule has 0 aliphatic rings. The van der Waals surface area contributed by atoms with E-state index in [1.54, 1.807) is 7.11 Å². The number of ether oxygens (including phenoxy) is 1. The van der Waals surface area contributed by atoms with Gasteiger partial charge in [0.15, 0.2) is 0 Å². The van der Waals surface area contributed by atoms with Crippen LogP contribution in [0.15, 0.2) is 89.1 Å². The summed E-state index contributed by atoms with van der Waals surface area (Å²) in [4.78, 5) is 0. The molecule has 0 saturated heterocycles. The summed E-state index contributed by atoms with van der Waals surface area (Å²) in [7, 11) is 1.67. The largest absolute Gasteiger partial charge is 0.497 e. The second kappa shape index (κ2) is 10.5. The van der Waals surface area contributed by atoms with E-state index in [9.17, 15) is 0 Å². The summed E-state index contributed by atoms with van der Waals surface area (Å²) >= 11 is 0. The zero-order valence-corrected chi connectivity index (χ0v) is 17.1. The third kappa shape index (κ3) is 5.58. The summed E-state index contributed by atoms with van der Waals surface area (Å²) < 4.78 is 5.26. The van der Waals surface area contributed by atoms with E-state index in [1.807, 2.05) is 80.6 Å². The Labute approximate surface area is 176 Å². The van der Waals surface area contributed by atoms with E-state index in [-0.39, 0.29) is 16.5 Å². The zero-order chi connectivity index (χ0) is 19.1. The van der Waals surface area contributed by atoms with Crippen LogP contribution in [0.25, 0.3) is 10.8 Å². The molecule has 0 unspecified atom stereocenters. The van der Waals surface area contributed by atoms with E-state index in [0.717, 1.165) is 39.0 Å². The Morgan fingerprint density at radius 3 is 2.07 bits per heavy atom. The molecule has 4 aromatic carbocycles. The van der Waals surface area contributed by atoms with Crippen molar-refractivity contribution in [2.75, 3.05) is 7.11 Å². The van der Waals surface area contributed by atoms with Gasteiger partial charge in [-0.25, -0.2) is 12.1 Å². The predicted molar refractivity (Wildman–Crippen MR) is 111 cm³/mol. The molecule has 0 atom stereocenters. The second-order valence-corrected chi connectivity index (χ2v) is 6.22. The number of hydrogen-bond acceptors (Lipinski definition) is 3. The molecule has 4 rings (SSSR count). The quantitative estimate of drug-likeness (QED) is 0.201. The van der Waals surface area contributed by atoms with Gasteiger partial charge in [-0.1, -0.05) is 18.2 Å². The minimum Gasteiger partial charge on any atom is -0.497 e. The van der Waals surface area contributed by atoms with Gasteiger partial charge in [-0.05, 0) is 42.8 Å². The van der Waals surface area contributed by atoms with Crippen LogP contribution >= 0.6 is 0 Å². The molecule has 0 fully saturated rings. The van der Waals surface area contributed by atoms with Crippen LogP contribution in [0.2, 0.25) is 0 Å². The average Bonchev–Trinajstić information content (AvgIpc) is 3.27. The number of nitrogens with zero attached hydrogens (tertiary/aromatic N) is 2. The number of benzene rings is 3. The molecule has 0 amide bonds. The van der Waals surface area contributed by atoms with Crippen LogP contribution in [0.3, 0.4) is 0 Å². The van der Waals surface area contributed by atoms with Crippen molar-refractivity contribution < 1.29 is 21.2 Å². The summed E-state index contributed by atoms with van der Waals surface area (Å²) in [5.41, 5.74) is 3.69. The Balaban J connectivity index is 0.000000408. The van der Waals surface area contributed by atoms with Crippen LogP contribution in [-0.4, -0.2) is 7.11 Å². The maximum absolute atomic E-state index is 5.26. The van der Waals surface area contributed by atoms with Crippen LogP contribution in [0.5, 0.6) is 5.75 Å². The number of fused-ring (bicyclic) bond motifs is 1. The average molecular weight is 413 g/mol. The van der Waals surface area contributed by atoms with Crippen molar-refractivity contribution in [2.45, 2.75) is 13.8 Å². The van der Waals surface area contributed by atoms with Gasteiger partial charge in [0.1, 0.15) is 5.75 Å². The molecule has 0 saturated carbocycles. The summed E-state index contributed by atoms with van der Waals surface area (Å²) in [5.74, 6) is 0.839. The first-order valence-corrected chi connectivity index (χ1v) is 8.81. The molecule has 0 aliphatic carbocycles. The van der Waals surface area contributed by atoms with Gasteiger partial charge >= 0.3 is 0 Å². The molecule has 0 heterocycles. The van der Waals surface area contributed by atoms with E-state index in [4.69, 9.17) is 4.74 Å². The van der Waals surface area contributed by atoms with E-state index in [2.05, 4.69) is 28.4 Å². The van der Waals surface area contributed by atoms with Crippen molar-refractivity contribution in [3.8, 4) is 5.75 Å². The monoisotopic (exact) mass is 412 g/mol. The van der Waals surface area contributed by atoms with Crippen molar-refractivity contribution >= 4 is 22.1 Å². The summed E-state index contributed by atoms with van der Waals surface area (Å²) in [6, 6.07) is 29.2. The van der Waals surface area contributed by atoms with Crippen molar-refractivity contribution in [3.63, 3.8) is 0 Å². The van der Waals surface area contributed by atoms with Crippen LogP contribution in [0.1, 0.15) is 11.1 Å². The van der Waals surface area contributed by atoms with Crippen LogP contribution in [-0.2, 0) is 16.5 Å². The van der Waals surface area contributed by atoms with Crippen molar-refractivity contribution in [1.29, 1.82) is 0 Å². The SMILES string of the molecule is COc1cc(C)c(N=Nc2[c-]cc3ccccc3c2)c(C)c1.[Ni].c1cc[cH-]c1. The molecular formula is C24H22N2NiO-2. The first-order chi connectivity index (χ1) is 13.2. The Bertz CT molecular complexity index is 999. The fourth-order valence-electron chi connectivity index (χ4n) is 2.79. The molecule has 146 valence electrons. The van der Waals surface area contributed by atoms with E-state index >= 15 is 0 Å². The molecule has 4 aromatic rings. The second-order valence-electron chi connectivity index (χ2n) is 6.22. The smallest absolute Gasteiger partial charge is 0.119 e. The third-order valence-corrected chi connectivity index (χ3v) is 4.18. The van der Waals surface area contributed by atoms with E-state index in [1.165, 1.54) is 0 Å². The minimum absolute atomic E-state index is 0. The molecule has 0 spiro atoms. The van der Waals surface area contributed by atoms with Gasteiger partial charge in [0, 0.05) is 16.5 Å². The van der Waals surface area contributed by atoms with Crippen LogP contribution in [0.4, 0.5) is 11.4 Å². The van der Waals surface area contributed by atoms with Crippen molar-refractivity contribution in [1.82, 2.24) is 0 Å². The zero-order valence-electron chi connectivity index (χ0n) is 16.1.